The number of carbonyl (C=O) groups excluding carboxylic acids is 3. The zero-order valence-electron chi connectivity index (χ0n) is 16.0. The molecule has 0 aliphatic rings. The summed E-state index contributed by atoms with van der Waals surface area (Å²) in [6.45, 7) is 0.473. The number of hydrogen-bond acceptors (Lipinski definition) is 4. The third kappa shape index (κ3) is 8.06. The molecule has 2 aromatic carbocycles. The van der Waals surface area contributed by atoms with Crippen molar-refractivity contribution >= 4 is 46.7 Å². The SMILES string of the molecule is NC(=O)CC[C@H](NC(=O)c1ccc(Cl)cc1)C(=O)NNC(=S)NCc1ccccc1. The first-order valence-corrected chi connectivity index (χ1v) is 9.86. The lowest BCUT2D eigenvalue weighted by molar-refractivity contribution is -0.124. The number of amides is 3. The third-order valence-corrected chi connectivity index (χ3v) is 4.50. The first kappa shape index (κ1) is 23.1. The number of hydrogen-bond donors (Lipinski definition) is 5. The molecule has 0 fully saturated rings. The van der Waals surface area contributed by atoms with Crippen LogP contribution in [-0.4, -0.2) is 28.9 Å². The van der Waals surface area contributed by atoms with Gasteiger partial charge in [0.1, 0.15) is 6.04 Å². The van der Waals surface area contributed by atoms with Gasteiger partial charge >= 0.3 is 0 Å². The Morgan fingerprint density at radius 1 is 1.00 bits per heavy atom. The molecule has 0 aliphatic heterocycles. The second kappa shape index (κ2) is 11.7. The maximum atomic E-state index is 12.5. The molecule has 0 saturated heterocycles. The summed E-state index contributed by atoms with van der Waals surface area (Å²) in [5.41, 5.74) is 11.5. The van der Waals surface area contributed by atoms with Gasteiger partial charge in [-0.25, -0.2) is 0 Å². The number of nitrogens with one attached hydrogen (secondary N) is 4. The van der Waals surface area contributed by atoms with Gasteiger partial charge in [-0.15, -0.1) is 0 Å². The third-order valence-electron chi connectivity index (χ3n) is 4.00. The molecule has 2 rings (SSSR count). The molecule has 0 radical (unpaired) electrons. The van der Waals surface area contributed by atoms with Crippen LogP contribution in [0.5, 0.6) is 0 Å². The first-order chi connectivity index (χ1) is 14.3. The minimum absolute atomic E-state index is 0.0341. The largest absolute Gasteiger partial charge is 0.370 e. The van der Waals surface area contributed by atoms with Gasteiger partial charge in [-0.1, -0.05) is 41.9 Å². The van der Waals surface area contributed by atoms with Crippen molar-refractivity contribution in [2.24, 2.45) is 5.73 Å². The standard InChI is InChI=1S/C20H22ClN5O3S/c21-15-8-6-14(7-9-15)18(28)24-16(10-11-17(22)27)19(29)25-26-20(30)23-12-13-4-2-1-3-5-13/h1-9,16H,10-12H2,(H2,22,27)(H,24,28)(H,25,29)(H2,23,26,30)/t16-/m0/s1. The average molecular weight is 448 g/mol. The van der Waals surface area contributed by atoms with Crippen LogP contribution in [0, 0.1) is 0 Å². The van der Waals surface area contributed by atoms with E-state index in [1.807, 2.05) is 30.3 Å². The summed E-state index contributed by atoms with van der Waals surface area (Å²) >= 11 is 10.9. The minimum atomic E-state index is -0.995. The lowest BCUT2D eigenvalue weighted by Crippen LogP contribution is -2.54. The van der Waals surface area contributed by atoms with Gasteiger partial charge in [0.25, 0.3) is 11.8 Å². The fourth-order valence-electron chi connectivity index (χ4n) is 2.43. The molecule has 0 saturated carbocycles. The van der Waals surface area contributed by atoms with Crippen molar-refractivity contribution in [3.63, 3.8) is 0 Å². The van der Waals surface area contributed by atoms with E-state index in [-0.39, 0.29) is 18.0 Å². The van der Waals surface area contributed by atoms with Gasteiger partial charge in [-0.3, -0.25) is 25.2 Å². The molecule has 10 heteroatoms. The zero-order valence-corrected chi connectivity index (χ0v) is 17.6. The summed E-state index contributed by atoms with van der Waals surface area (Å²) < 4.78 is 0. The number of thiocarbonyl (C=S) groups is 1. The smallest absolute Gasteiger partial charge is 0.260 e. The highest BCUT2D eigenvalue weighted by atomic mass is 35.5. The Kier molecular flexibility index (Phi) is 9.04. The molecule has 30 heavy (non-hydrogen) atoms. The van der Waals surface area contributed by atoms with E-state index in [9.17, 15) is 14.4 Å². The predicted molar refractivity (Wildman–Crippen MR) is 118 cm³/mol. The lowest BCUT2D eigenvalue weighted by atomic mass is 10.1. The van der Waals surface area contributed by atoms with E-state index in [0.29, 0.717) is 17.1 Å². The van der Waals surface area contributed by atoms with E-state index in [1.165, 1.54) is 12.1 Å². The van der Waals surface area contributed by atoms with Crippen molar-refractivity contribution in [2.75, 3.05) is 0 Å². The van der Waals surface area contributed by atoms with Crippen LogP contribution in [0.15, 0.2) is 54.6 Å². The second-order valence-electron chi connectivity index (χ2n) is 6.32. The number of halogens is 1. The van der Waals surface area contributed by atoms with Gasteiger partial charge in [0.15, 0.2) is 5.11 Å². The number of benzene rings is 2. The monoisotopic (exact) mass is 447 g/mol. The van der Waals surface area contributed by atoms with Gasteiger partial charge < -0.3 is 16.4 Å². The predicted octanol–water partition coefficient (Wildman–Crippen LogP) is 1.40. The number of rotatable bonds is 8. The Hall–Kier alpha value is -3.17. The van der Waals surface area contributed by atoms with Gasteiger partial charge in [0.2, 0.25) is 5.91 Å². The molecule has 158 valence electrons. The molecule has 0 bridgehead atoms. The fourth-order valence-corrected chi connectivity index (χ4v) is 2.68. The van der Waals surface area contributed by atoms with Crippen molar-refractivity contribution in [2.45, 2.75) is 25.4 Å². The lowest BCUT2D eigenvalue weighted by Gasteiger charge is -2.19. The quantitative estimate of drug-likeness (QED) is 0.307. The highest BCUT2D eigenvalue weighted by Crippen LogP contribution is 2.10. The number of nitrogens with two attached hydrogens (primary N) is 1. The molecule has 0 spiro atoms. The Morgan fingerprint density at radius 3 is 2.30 bits per heavy atom. The Bertz CT molecular complexity index is 893. The van der Waals surface area contributed by atoms with Crippen molar-refractivity contribution in [1.29, 1.82) is 0 Å². The highest BCUT2D eigenvalue weighted by molar-refractivity contribution is 7.80. The number of primary amides is 1. The van der Waals surface area contributed by atoms with Crippen LogP contribution >= 0.6 is 23.8 Å². The normalized spacial score (nSPS) is 11.1. The summed E-state index contributed by atoms with van der Waals surface area (Å²) in [7, 11) is 0. The maximum absolute atomic E-state index is 12.5. The molecule has 2 aromatic rings. The maximum Gasteiger partial charge on any atom is 0.260 e. The fraction of sp³-hybridized carbons (Fsp3) is 0.200. The van der Waals surface area contributed by atoms with Crippen molar-refractivity contribution in [1.82, 2.24) is 21.5 Å². The molecular weight excluding hydrogens is 426 g/mol. The molecule has 0 aliphatic carbocycles. The van der Waals surface area contributed by atoms with Crippen molar-refractivity contribution in [3.8, 4) is 0 Å². The highest BCUT2D eigenvalue weighted by Gasteiger charge is 2.22. The van der Waals surface area contributed by atoms with E-state index in [2.05, 4.69) is 21.5 Å². The van der Waals surface area contributed by atoms with Crippen LogP contribution in [-0.2, 0) is 16.1 Å². The summed E-state index contributed by atoms with van der Waals surface area (Å²) in [4.78, 5) is 36.0. The molecule has 6 N–H and O–H groups in total. The second-order valence-corrected chi connectivity index (χ2v) is 7.17. The van der Waals surface area contributed by atoms with E-state index in [1.54, 1.807) is 12.1 Å². The molecule has 1 atom stereocenters. The van der Waals surface area contributed by atoms with Gasteiger partial charge in [-0.2, -0.15) is 0 Å². The number of hydrazine groups is 1. The summed E-state index contributed by atoms with van der Waals surface area (Å²) in [6, 6.07) is 14.8. The Labute approximate surface area is 184 Å². The van der Waals surface area contributed by atoms with E-state index in [4.69, 9.17) is 29.6 Å². The topological polar surface area (TPSA) is 125 Å². The van der Waals surface area contributed by atoms with Gasteiger partial charge in [-0.05, 0) is 48.5 Å². The molecule has 0 heterocycles. The zero-order chi connectivity index (χ0) is 21.9. The van der Waals surface area contributed by atoms with Crippen LogP contribution in [0.3, 0.4) is 0 Å². The summed E-state index contributed by atoms with van der Waals surface area (Å²) in [5.74, 6) is -1.63. The van der Waals surface area contributed by atoms with Crippen LogP contribution < -0.4 is 27.2 Å². The molecule has 0 aromatic heterocycles. The van der Waals surface area contributed by atoms with E-state index in [0.717, 1.165) is 5.56 Å². The summed E-state index contributed by atoms with van der Waals surface area (Å²) in [6.07, 6.45) is -0.0396. The van der Waals surface area contributed by atoms with Crippen molar-refractivity contribution in [3.05, 3.63) is 70.7 Å². The molecule has 0 unspecified atom stereocenters. The van der Waals surface area contributed by atoms with Crippen LogP contribution in [0.1, 0.15) is 28.8 Å². The molecule has 8 nitrogen and oxygen atoms in total. The number of carbonyl (C=O) groups is 3. The Morgan fingerprint density at radius 2 is 1.67 bits per heavy atom. The van der Waals surface area contributed by atoms with E-state index < -0.39 is 23.8 Å². The average Bonchev–Trinajstić information content (AvgIpc) is 2.74. The van der Waals surface area contributed by atoms with Crippen molar-refractivity contribution < 1.29 is 14.4 Å². The minimum Gasteiger partial charge on any atom is -0.370 e. The summed E-state index contributed by atoms with van der Waals surface area (Å²) in [5, 5.41) is 6.21. The van der Waals surface area contributed by atoms with E-state index >= 15 is 0 Å². The Balaban J connectivity index is 1.90. The van der Waals surface area contributed by atoms with Crippen LogP contribution in [0.4, 0.5) is 0 Å². The van der Waals surface area contributed by atoms with Crippen LogP contribution in [0.2, 0.25) is 5.02 Å². The molecular formula is C20H22ClN5O3S. The van der Waals surface area contributed by atoms with Gasteiger partial charge in [0.05, 0.1) is 0 Å². The first-order valence-electron chi connectivity index (χ1n) is 9.07. The van der Waals surface area contributed by atoms with Crippen LogP contribution in [0.25, 0.3) is 0 Å². The van der Waals surface area contributed by atoms with Gasteiger partial charge in [0, 0.05) is 23.6 Å². The molecule has 3 amide bonds.